The van der Waals surface area contributed by atoms with E-state index in [-0.39, 0.29) is 13.2 Å². The zero-order chi connectivity index (χ0) is 90.3. The second kappa shape index (κ2) is 171. The molecule has 688 valence electrons. The van der Waals surface area contributed by atoms with Gasteiger partial charge < -0.3 is 71.0 Å². The fraction of sp³-hybridized carbons (Fsp3) is 0.955. The summed E-state index contributed by atoms with van der Waals surface area (Å²) in [6, 6.07) is 0. The normalized spacial score (nSPS) is 15.0. The van der Waals surface area contributed by atoms with E-state index in [0.29, 0.717) is 45.8 Å². The molecule has 20 heteroatoms. The van der Waals surface area contributed by atoms with E-state index in [9.17, 15) is 19.6 Å². The molecule has 2 heterocycles. The van der Waals surface area contributed by atoms with E-state index in [1.54, 1.807) is 0 Å². The second-order valence-electron chi connectivity index (χ2n) is 25.3. The number of rotatable bonds is 26. The summed E-state index contributed by atoms with van der Waals surface area (Å²) < 4.78 is 53.1. The van der Waals surface area contributed by atoms with Gasteiger partial charge in [-0.15, -0.1) is 0 Å². The summed E-state index contributed by atoms with van der Waals surface area (Å²) in [6.07, 6.45) is 46.6. The van der Waals surface area contributed by atoms with Gasteiger partial charge in [-0.1, -0.05) is 431 Å². The molecule has 0 spiro atoms. The standard InChI is InChI=1S/C14H31NO7P2.C14H30O7P2S.20C3H8/c1-18-23(2,16)21-12-14-13(8-11-19-14)22-24(3,17)20-10-7-5-4-6-9-15;1-17-22(2,15)21-13-8-10-18-14(13)12-20-23(3,16)19-9-6-4-5-7-11-24;20*1-3-2/h13-14,16-17H,2-12,15H2,1H3;13-16,24H,2-12H2,1H3;20*3H2,1-2H3. The van der Waals surface area contributed by atoms with Gasteiger partial charge in [-0.05, 0) is 63.2 Å². The molecule has 0 radical (unpaired) electrons. The van der Waals surface area contributed by atoms with E-state index in [0.717, 1.165) is 57.1 Å². The Morgan fingerprint density at radius 2 is 0.491 bits per heavy atom. The van der Waals surface area contributed by atoms with Crippen LogP contribution in [-0.4, -0.2) is 135 Å². The highest BCUT2D eigenvalue weighted by Crippen LogP contribution is 2.48. The fourth-order valence-electron chi connectivity index (χ4n) is 4.36. The van der Waals surface area contributed by atoms with Crippen LogP contribution in [0.3, 0.4) is 0 Å². The van der Waals surface area contributed by atoms with Crippen molar-refractivity contribution in [1.29, 1.82) is 0 Å². The van der Waals surface area contributed by atoms with Gasteiger partial charge in [0.2, 0.25) is 30.3 Å². The molecule has 0 aromatic heterocycles. The Morgan fingerprint density at radius 1 is 0.296 bits per heavy atom. The first-order chi connectivity index (χ1) is 50.9. The van der Waals surface area contributed by atoms with Crippen molar-refractivity contribution >= 4 is 68.1 Å². The van der Waals surface area contributed by atoms with Gasteiger partial charge in [0.25, 0.3) is 0 Å². The van der Waals surface area contributed by atoms with E-state index in [4.69, 9.17) is 51.4 Å². The molecule has 8 atom stereocenters. The third kappa shape index (κ3) is 268. The van der Waals surface area contributed by atoms with Crippen LogP contribution in [0.1, 0.15) is 470 Å². The molecule has 108 heavy (non-hydrogen) atoms. The third-order valence-electron chi connectivity index (χ3n) is 7.09. The highest BCUT2D eigenvalue weighted by Gasteiger charge is 2.35. The number of nitrogens with two attached hydrogens (primary N) is 1. The number of hydrogen-bond acceptors (Lipinski definition) is 16. The molecular weight excluding hydrogens is 1450 g/mol. The molecule has 2 aliphatic heterocycles. The van der Waals surface area contributed by atoms with E-state index in [1.165, 1.54) is 143 Å². The lowest BCUT2D eigenvalue weighted by molar-refractivity contribution is 0.00846. The van der Waals surface area contributed by atoms with Gasteiger partial charge in [0.15, 0.2) is 0 Å². The van der Waals surface area contributed by atoms with Crippen molar-refractivity contribution in [3.8, 4) is 0 Å². The Morgan fingerprint density at radius 3 is 0.704 bits per heavy atom. The number of thiol groups is 1. The molecule has 2 saturated heterocycles. The van der Waals surface area contributed by atoms with Crippen molar-refractivity contribution in [2.24, 2.45) is 5.73 Å². The lowest BCUT2D eigenvalue weighted by Gasteiger charge is -2.26. The molecule has 0 amide bonds. The fourth-order valence-corrected chi connectivity index (χ4v) is 7.83. The van der Waals surface area contributed by atoms with Crippen molar-refractivity contribution in [3.63, 3.8) is 0 Å². The molecule has 6 N–H and O–H groups in total. The highest BCUT2D eigenvalue weighted by molar-refractivity contribution is 7.80. The molecule has 2 rings (SSSR count). The molecule has 15 nitrogen and oxygen atoms in total. The Kier molecular flexibility index (Phi) is 254. The van der Waals surface area contributed by atoms with Gasteiger partial charge in [0.1, 0.15) is 12.2 Å². The van der Waals surface area contributed by atoms with Crippen molar-refractivity contribution in [2.45, 2.75) is 494 Å². The molecule has 2 fully saturated rings. The van der Waals surface area contributed by atoms with Crippen LogP contribution >= 0.6 is 42.9 Å². The second-order valence-corrected chi connectivity index (χ2v) is 33.1. The zero-order valence-corrected chi connectivity index (χ0v) is 87.2. The van der Waals surface area contributed by atoms with Crippen LogP contribution in [0.25, 0.3) is 0 Å². The smallest absolute Gasteiger partial charge is 0.248 e. The van der Waals surface area contributed by atoms with Crippen molar-refractivity contribution in [1.82, 2.24) is 0 Å². The van der Waals surface area contributed by atoms with Crippen molar-refractivity contribution in [3.05, 3.63) is 0 Å². The van der Waals surface area contributed by atoms with E-state index >= 15 is 0 Å². The topological polar surface area (TPSA) is 199 Å². The first kappa shape index (κ1) is 160. The summed E-state index contributed by atoms with van der Waals surface area (Å²) in [4.78, 5) is 39.8. The first-order valence-electron chi connectivity index (χ1n) is 44.3. The van der Waals surface area contributed by atoms with Gasteiger partial charge in [-0.3, -0.25) is 0 Å². The quantitative estimate of drug-likeness (QED) is 0.0271. The molecule has 2 aliphatic rings. The third-order valence-corrected chi connectivity index (χ3v) is 12.0. The molecule has 8 unspecified atom stereocenters. The molecule has 0 aromatic carbocycles. The van der Waals surface area contributed by atoms with Crippen molar-refractivity contribution < 1.29 is 65.2 Å². The van der Waals surface area contributed by atoms with Crippen molar-refractivity contribution in [2.75, 3.05) is 66.2 Å². The number of unbranched alkanes of at least 4 members (excludes halogenated alkanes) is 6. The molecule has 0 aliphatic carbocycles. The lowest BCUT2D eigenvalue weighted by atomic mass is 10.2. The predicted molar refractivity (Wildman–Crippen MR) is 520 cm³/mol. The van der Waals surface area contributed by atoms with Crippen LogP contribution in [-0.2, 0) is 45.7 Å². The van der Waals surface area contributed by atoms with Gasteiger partial charge in [0.05, 0.1) is 38.6 Å². The molecule has 0 bridgehead atoms. The van der Waals surface area contributed by atoms with Gasteiger partial charge in [-0.2, -0.15) is 12.6 Å². The SMILES string of the molecule is C=P(O)(OC)OCC1OCCC1OP(=C)(O)OCCCCCCN.C=P(O)(OCCCCCCS)OCC1OCCC1OP(=C)(O)OC.CCC.CCC.CCC.CCC.CCC.CCC.CCC.CCC.CCC.CCC.CCC.CCC.CCC.CCC.CCC.CCC.CCC.CCC.CCC.CCC. The van der Waals surface area contributed by atoms with E-state index in [1.807, 2.05) is 0 Å². The Balaban J connectivity index is -0.0000000466. The molecular formula is C88H221NO14P4S. The molecule has 0 aromatic rings. The molecule has 0 saturated carbocycles. The Hall–Kier alpha value is 0.950. The van der Waals surface area contributed by atoms with Gasteiger partial charge in [0, 0.05) is 40.3 Å². The minimum absolute atomic E-state index is 0.0609. The summed E-state index contributed by atoms with van der Waals surface area (Å²) in [6.45, 7) is 87.6. The maximum absolute atomic E-state index is 10.2. The van der Waals surface area contributed by atoms with Crippen LogP contribution in [0, 0.1) is 0 Å². The van der Waals surface area contributed by atoms with Crippen LogP contribution in [0.2, 0.25) is 0 Å². The first-order valence-corrected chi connectivity index (χ1v) is 52.0. The minimum atomic E-state index is -3.17. The lowest BCUT2D eigenvalue weighted by Crippen LogP contribution is -2.28. The largest absolute Gasteiger partial charge is 0.373 e. The average Bonchev–Trinajstić information content (AvgIpc) is 1.71. The van der Waals surface area contributed by atoms with Crippen LogP contribution in [0.4, 0.5) is 0 Å². The van der Waals surface area contributed by atoms with E-state index in [2.05, 4.69) is 315 Å². The van der Waals surface area contributed by atoms with Crippen LogP contribution < -0.4 is 5.73 Å². The number of ether oxygens (including phenoxy) is 2. The Labute approximate surface area is 695 Å². The van der Waals surface area contributed by atoms with Gasteiger partial charge >= 0.3 is 0 Å². The monoisotopic (exact) mass is 1670 g/mol. The summed E-state index contributed by atoms with van der Waals surface area (Å²) in [7, 11) is -9.81. The van der Waals surface area contributed by atoms with Crippen LogP contribution in [0.5, 0.6) is 0 Å². The zero-order valence-electron chi connectivity index (χ0n) is 82.7. The average molecular weight is 1670 g/mol. The maximum Gasteiger partial charge on any atom is 0.248 e. The van der Waals surface area contributed by atoms with E-state index < -0.39 is 54.7 Å². The highest BCUT2D eigenvalue weighted by atomic mass is 32.1. The maximum atomic E-state index is 10.2. The predicted octanol–water partition coefficient (Wildman–Crippen LogP) is 32.8. The summed E-state index contributed by atoms with van der Waals surface area (Å²) in [5.41, 5.74) is 5.43. The summed E-state index contributed by atoms with van der Waals surface area (Å²) in [5, 5.41) is 0. The summed E-state index contributed by atoms with van der Waals surface area (Å²) >= 11 is 4.16. The number of hydrogen-bond donors (Lipinski definition) is 6. The Bertz CT molecular complexity index is 1320. The van der Waals surface area contributed by atoms with Crippen LogP contribution in [0.15, 0.2) is 0 Å². The summed E-state index contributed by atoms with van der Waals surface area (Å²) in [5.74, 6) is 0.884. The van der Waals surface area contributed by atoms with Gasteiger partial charge in [-0.25, -0.2) is 0 Å². The minimum Gasteiger partial charge on any atom is -0.373 e.